The number of nitrogens with one attached hydrogen (secondary N) is 1. The molecule has 1 fully saturated rings. The summed E-state index contributed by atoms with van der Waals surface area (Å²) < 4.78 is 21.4. The van der Waals surface area contributed by atoms with E-state index in [9.17, 15) is 9.18 Å². The van der Waals surface area contributed by atoms with E-state index in [1.807, 2.05) is 47.9 Å². The van der Waals surface area contributed by atoms with E-state index in [0.29, 0.717) is 18.6 Å². The maximum Gasteiger partial charge on any atom is 0.274 e. The second-order valence-electron chi connectivity index (χ2n) is 7.54. The van der Waals surface area contributed by atoms with Crippen molar-refractivity contribution in [2.24, 2.45) is 0 Å². The van der Waals surface area contributed by atoms with Gasteiger partial charge in [-0.1, -0.05) is 42.5 Å². The Morgan fingerprint density at radius 1 is 1.13 bits per heavy atom. The molecule has 0 spiro atoms. The van der Waals surface area contributed by atoms with Gasteiger partial charge in [0.05, 0.1) is 11.9 Å². The lowest BCUT2D eigenvalue weighted by molar-refractivity contribution is -0.00823. The lowest BCUT2D eigenvalue weighted by Crippen LogP contribution is -2.54. The minimum atomic E-state index is -0.354. The predicted octanol–water partition coefficient (Wildman–Crippen LogP) is 3.65. The minimum Gasteiger partial charge on any atom is -0.485 e. The number of nitrogens with zero attached hydrogens (tertiary/aromatic N) is 3. The number of H-pyrrole nitrogens is 1. The van der Waals surface area contributed by atoms with E-state index in [1.165, 1.54) is 6.07 Å². The Balaban J connectivity index is 1.36. The van der Waals surface area contributed by atoms with E-state index in [2.05, 4.69) is 14.9 Å². The molecule has 0 saturated carbocycles. The first-order valence-corrected chi connectivity index (χ1v) is 9.91. The highest BCUT2D eigenvalue weighted by molar-refractivity contribution is 5.61. The lowest BCUT2D eigenvalue weighted by Gasteiger charge is -2.42. The molecule has 4 aromatic rings. The zero-order valence-corrected chi connectivity index (χ0v) is 16.5. The molecule has 0 amide bonds. The second-order valence-corrected chi connectivity index (χ2v) is 7.54. The number of benzene rings is 2. The SMILES string of the molecule is CC(c1cn2c(-c3ccccc3)ncc2c(=O)[nH]1)N1CC(Oc2ccccc2F)C1. The van der Waals surface area contributed by atoms with Gasteiger partial charge in [0.2, 0.25) is 0 Å². The molecule has 2 aromatic carbocycles. The molecule has 2 aromatic heterocycles. The normalized spacial score (nSPS) is 15.8. The molecule has 5 rings (SSSR count). The topological polar surface area (TPSA) is 62.6 Å². The van der Waals surface area contributed by atoms with Crippen LogP contribution in [0.1, 0.15) is 18.7 Å². The summed E-state index contributed by atoms with van der Waals surface area (Å²) in [6.45, 7) is 3.35. The number of likely N-dealkylation sites (tertiary alicyclic amines) is 1. The summed E-state index contributed by atoms with van der Waals surface area (Å²) in [5.41, 5.74) is 2.08. The van der Waals surface area contributed by atoms with Gasteiger partial charge in [0, 0.05) is 30.9 Å². The maximum absolute atomic E-state index is 13.8. The van der Waals surface area contributed by atoms with Gasteiger partial charge in [-0.05, 0) is 19.1 Å². The van der Waals surface area contributed by atoms with E-state index in [0.717, 1.165) is 17.1 Å². The monoisotopic (exact) mass is 404 g/mol. The first-order chi connectivity index (χ1) is 14.6. The van der Waals surface area contributed by atoms with Gasteiger partial charge >= 0.3 is 0 Å². The van der Waals surface area contributed by atoms with Gasteiger partial charge in [-0.3, -0.25) is 14.1 Å². The van der Waals surface area contributed by atoms with Crippen molar-refractivity contribution in [3.63, 3.8) is 0 Å². The number of fused-ring (bicyclic) bond motifs is 1. The third-order valence-corrected chi connectivity index (χ3v) is 5.59. The number of aromatic amines is 1. The summed E-state index contributed by atoms with van der Waals surface area (Å²) in [6.07, 6.45) is 3.45. The molecule has 1 aliphatic rings. The zero-order chi connectivity index (χ0) is 20.7. The fourth-order valence-corrected chi connectivity index (χ4v) is 3.82. The Kier molecular flexibility index (Phi) is 4.59. The van der Waals surface area contributed by atoms with Crippen molar-refractivity contribution in [1.29, 1.82) is 0 Å². The van der Waals surface area contributed by atoms with Crippen molar-refractivity contribution >= 4 is 5.52 Å². The van der Waals surface area contributed by atoms with Crippen molar-refractivity contribution in [1.82, 2.24) is 19.3 Å². The molecule has 30 heavy (non-hydrogen) atoms. The Hall–Kier alpha value is -3.45. The number of ether oxygens (including phenoxy) is 1. The number of halogens is 1. The molecule has 1 saturated heterocycles. The zero-order valence-electron chi connectivity index (χ0n) is 16.5. The average Bonchev–Trinajstić information content (AvgIpc) is 3.16. The molecule has 3 heterocycles. The van der Waals surface area contributed by atoms with E-state index in [4.69, 9.17) is 4.74 Å². The highest BCUT2D eigenvalue weighted by atomic mass is 19.1. The minimum absolute atomic E-state index is 0.0198. The molecule has 6 nitrogen and oxygen atoms in total. The summed E-state index contributed by atoms with van der Waals surface area (Å²) in [5.74, 6) is 0.650. The van der Waals surface area contributed by atoms with Gasteiger partial charge in [0.15, 0.2) is 11.6 Å². The summed E-state index contributed by atoms with van der Waals surface area (Å²) >= 11 is 0. The Morgan fingerprint density at radius 3 is 2.63 bits per heavy atom. The number of rotatable bonds is 5. The maximum atomic E-state index is 13.8. The van der Waals surface area contributed by atoms with Crippen LogP contribution in [0.15, 0.2) is 71.8 Å². The van der Waals surface area contributed by atoms with Crippen molar-refractivity contribution < 1.29 is 9.13 Å². The van der Waals surface area contributed by atoms with Crippen molar-refractivity contribution in [3.8, 4) is 17.1 Å². The molecular formula is C23H21FN4O2. The van der Waals surface area contributed by atoms with Gasteiger partial charge < -0.3 is 9.72 Å². The number of hydrogen-bond donors (Lipinski definition) is 1. The van der Waals surface area contributed by atoms with Gasteiger partial charge in [-0.15, -0.1) is 0 Å². The van der Waals surface area contributed by atoms with Crippen molar-refractivity contribution in [2.45, 2.75) is 19.1 Å². The standard InChI is InChI=1S/C23H21FN4O2/c1-15(27-12-17(13-27)30-21-10-6-5-9-18(21)24)19-14-28-20(23(29)26-19)11-25-22(28)16-7-3-2-4-8-16/h2-11,14-15,17H,12-13H2,1H3,(H,26,29). The van der Waals surface area contributed by atoms with Gasteiger partial charge in [-0.25, -0.2) is 9.37 Å². The van der Waals surface area contributed by atoms with Crippen LogP contribution < -0.4 is 10.3 Å². The molecule has 152 valence electrons. The molecular weight excluding hydrogens is 383 g/mol. The molecule has 7 heteroatoms. The van der Waals surface area contributed by atoms with Gasteiger partial charge in [0.1, 0.15) is 17.4 Å². The van der Waals surface area contributed by atoms with Gasteiger partial charge in [-0.2, -0.15) is 0 Å². The van der Waals surface area contributed by atoms with Crippen LogP contribution in [0.5, 0.6) is 5.75 Å². The van der Waals surface area contributed by atoms with Crippen LogP contribution in [0.25, 0.3) is 16.9 Å². The largest absolute Gasteiger partial charge is 0.485 e. The lowest BCUT2D eigenvalue weighted by atomic mass is 10.1. The Morgan fingerprint density at radius 2 is 1.87 bits per heavy atom. The number of aromatic nitrogens is 3. The van der Waals surface area contributed by atoms with E-state index in [1.54, 1.807) is 24.4 Å². The van der Waals surface area contributed by atoms with Crippen molar-refractivity contribution in [2.75, 3.05) is 13.1 Å². The molecule has 1 atom stereocenters. The summed E-state index contributed by atoms with van der Waals surface area (Å²) in [4.78, 5) is 22.2. The van der Waals surface area contributed by atoms with Crippen LogP contribution in [0.3, 0.4) is 0 Å². The Bertz CT molecular complexity index is 1250. The fraction of sp³-hybridized carbons (Fsp3) is 0.217. The van der Waals surface area contributed by atoms with Crippen molar-refractivity contribution in [3.05, 3.63) is 88.9 Å². The molecule has 0 bridgehead atoms. The molecule has 1 N–H and O–H groups in total. The van der Waals surface area contributed by atoms with Crippen LogP contribution in [0.2, 0.25) is 0 Å². The quantitative estimate of drug-likeness (QED) is 0.552. The van der Waals surface area contributed by atoms with Crippen LogP contribution in [-0.4, -0.2) is 38.5 Å². The van der Waals surface area contributed by atoms with E-state index < -0.39 is 0 Å². The number of hydrogen-bond acceptors (Lipinski definition) is 4. The fourth-order valence-electron chi connectivity index (χ4n) is 3.82. The summed E-state index contributed by atoms with van der Waals surface area (Å²) in [5, 5.41) is 0. The first kappa shape index (κ1) is 18.6. The Labute approximate surface area is 172 Å². The van der Waals surface area contributed by atoms with Crippen LogP contribution in [0, 0.1) is 5.82 Å². The third kappa shape index (κ3) is 3.27. The van der Waals surface area contributed by atoms with E-state index in [-0.39, 0.29) is 29.3 Å². The van der Waals surface area contributed by atoms with Crippen LogP contribution >= 0.6 is 0 Å². The third-order valence-electron chi connectivity index (χ3n) is 5.59. The number of imidazole rings is 1. The molecule has 1 unspecified atom stereocenters. The molecule has 1 aliphatic heterocycles. The highest BCUT2D eigenvalue weighted by Crippen LogP contribution is 2.28. The molecule has 0 aliphatic carbocycles. The van der Waals surface area contributed by atoms with Crippen LogP contribution in [-0.2, 0) is 0 Å². The summed E-state index contributed by atoms with van der Waals surface area (Å²) in [7, 11) is 0. The van der Waals surface area contributed by atoms with Crippen LogP contribution in [0.4, 0.5) is 4.39 Å². The summed E-state index contributed by atoms with van der Waals surface area (Å²) in [6, 6.07) is 16.2. The predicted molar refractivity (Wildman–Crippen MR) is 112 cm³/mol. The second kappa shape index (κ2) is 7.42. The smallest absolute Gasteiger partial charge is 0.274 e. The first-order valence-electron chi connectivity index (χ1n) is 9.91. The van der Waals surface area contributed by atoms with Gasteiger partial charge in [0.25, 0.3) is 5.56 Å². The highest BCUT2D eigenvalue weighted by Gasteiger charge is 2.33. The number of para-hydroxylation sites is 1. The molecule has 0 radical (unpaired) electrons. The average molecular weight is 404 g/mol. The van der Waals surface area contributed by atoms with E-state index >= 15 is 0 Å².